The molecule has 1 aromatic rings. The van der Waals surface area contributed by atoms with E-state index in [0.717, 1.165) is 0 Å². The standard InChI is InChI=1S/C6H6Cl2N2O2S/c7-5-2-1-4(6(8)10-5)3-13(9,11)12/h1-2H,3H2,(H2,9,11,12). The maximum Gasteiger partial charge on any atom is 0.213 e. The number of hydrogen-bond donors (Lipinski definition) is 1. The molecule has 1 heterocycles. The fourth-order valence-corrected chi connectivity index (χ4v) is 1.92. The summed E-state index contributed by atoms with van der Waals surface area (Å²) in [6.45, 7) is 0. The molecule has 0 aliphatic carbocycles. The first-order valence-corrected chi connectivity index (χ1v) is 5.67. The van der Waals surface area contributed by atoms with E-state index in [-0.39, 0.29) is 16.1 Å². The third-order valence-corrected chi connectivity index (χ3v) is 2.50. The van der Waals surface area contributed by atoms with Crippen LogP contribution in [0, 0.1) is 0 Å². The second-order valence-corrected chi connectivity index (χ2v) is 4.75. The van der Waals surface area contributed by atoms with Gasteiger partial charge in [0.2, 0.25) is 10.0 Å². The Kier molecular flexibility index (Phi) is 3.13. The van der Waals surface area contributed by atoms with Gasteiger partial charge < -0.3 is 0 Å². The van der Waals surface area contributed by atoms with E-state index in [1.54, 1.807) is 0 Å². The molecule has 0 aliphatic heterocycles. The lowest BCUT2D eigenvalue weighted by molar-refractivity contribution is 0.597. The molecular formula is C6H6Cl2N2O2S. The molecule has 0 radical (unpaired) electrons. The molecule has 1 aromatic heterocycles. The molecule has 0 saturated heterocycles. The molecule has 0 aromatic carbocycles. The molecule has 0 fully saturated rings. The van der Waals surface area contributed by atoms with E-state index in [0.29, 0.717) is 5.56 Å². The first-order chi connectivity index (χ1) is 5.88. The van der Waals surface area contributed by atoms with Gasteiger partial charge in [-0.25, -0.2) is 18.5 Å². The van der Waals surface area contributed by atoms with Crippen LogP contribution in [-0.2, 0) is 15.8 Å². The predicted octanol–water partition coefficient (Wildman–Crippen LogP) is 1.18. The van der Waals surface area contributed by atoms with Crippen molar-refractivity contribution in [1.82, 2.24) is 4.98 Å². The number of hydrogen-bond acceptors (Lipinski definition) is 3. The summed E-state index contributed by atoms with van der Waals surface area (Å²) >= 11 is 11.1. The summed E-state index contributed by atoms with van der Waals surface area (Å²) < 4.78 is 21.4. The van der Waals surface area contributed by atoms with Crippen LogP contribution in [0.5, 0.6) is 0 Å². The summed E-state index contributed by atoms with van der Waals surface area (Å²) in [6.07, 6.45) is 0. The van der Waals surface area contributed by atoms with Gasteiger partial charge in [0.05, 0.1) is 5.75 Å². The minimum atomic E-state index is -3.58. The van der Waals surface area contributed by atoms with Crippen LogP contribution in [0.1, 0.15) is 5.56 Å². The van der Waals surface area contributed by atoms with Crippen LogP contribution in [0.15, 0.2) is 12.1 Å². The van der Waals surface area contributed by atoms with E-state index in [9.17, 15) is 8.42 Å². The van der Waals surface area contributed by atoms with E-state index in [1.165, 1.54) is 12.1 Å². The molecule has 13 heavy (non-hydrogen) atoms. The molecule has 4 nitrogen and oxygen atoms in total. The van der Waals surface area contributed by atoms with Gasteiger partial charge in [-0.3, -0.25) is 0 Å². The Balaban J connectivity index is 3.04. The molecule has 1 rings (SSSR count). The van der Waals surface area contributed by atoms with Crippen LogP contribution < -0.4 is 5.14 Å². The van der Waals surface area contributed by atoms with Crippen LogP contribution in [0.2, 0.25) is 10.3 Å². The number of halogens is 2. The summed E-state index contributed by atoms with van der Waals surface area (Å²) in [6, 6.07) is 2.93. The number of rotatable bonds is 2. The number of primary sulfonamides is 1. The summed E-state index contributed by atoms with van der Waals surface area (Å²) in [5.41, 5.74) is 0.341. The Hall–Kier alpha value is -0.360. The third kappa shape index (κ3) is 3.48. The van der Waals surface area contributed by atoms with Crippen molar-refractivity contribution in [2.75, 3.05) is 0 Å². The average Bonchev–Trinajstić information content (AvgIpc) is 1.93. The Bertz CT molecular complexity index is 419. The van der Waals surface area contributed by atoms with Gasteiger partial charge in [-0.2, -0.15) is 0 Å². The van der Waals surface area contributed by atoms with Crippen molar-refractivity contribution >= 4 is 33.2 Å². The lowest BCUT2D eigenvalue weighted by Crippen LogP contribution is -2.14. The van der Waals surface area contributed by atoms with Gasteiger partial charge in [0, 0.05) is 5.56 Å². The minimum absolute atomic E-state index is 0.0570. The fraction of sp³-hybridized carbons (Fsp3) is 0.167. The van der Waals surface area contributed by atoms with Crippen molar-refractivity contribution in [1.29, 1.82) is 0 Å². The van der Waals surface area contributed by atoms with Gasteiger partial charge in [-0.15, -0.1) is 0 Å². The van der Waals surface area contributed by atoms with Crippen molar-refractivity contribution in [2.45, 2.75) is 5.75 Å². The summed E-state index contributed by atoms with van der Waals surface area (Å²) in [5.74, 6) is -0.337. The zero-order valence-electron chi connectivity index (χ0n) is 6.37. The van der Waals surface area contributed by atoms with E-state index in [1.807, 2.05) is 0 Å². The highest BCUT2D eigenvalue weighted by molar-refractivity contribution is 7.88. The zero-order chi connectivity index (χ0) is 10.1. The SMILES string of the molecule is NS(=O)(=O)Cc1ccc(Cl)nc1Cl. The summed E-state index contributed by atoms with van der Waals surface area (Å²) in [7, 11) is -3.58. The lowest BCUT2D eigenvalue weighted by atomic mass is 10.3. The van der Waals surface area contributed by atoms with Gasteiger partial charge in [0.15, 0.2) is 0 Å². The molecule has 0 unspecified atom stereocenters. The molecule has 2 N–H and O–H groups in total. The van der Waals surface area contributed by atoms with Gasteiger partial charge >= 0.3 is 0 Å². The number of sulfonamides is 1. The second kappa shape index (κ2) is 3.79. The Labute approximate surface area is 85.7 Å². The normalized spacial score (nSPS) is 11.6. The van der Waals surface area contributed by atoms with Crippen molar-refractivity contribution in [2.24, 2.45) is 5.14 Å². The molecule has 0 bridgehead atoms. The molecule has 72 valence electrons. The highest BCUT2D eigenvalue weighted by atomic mass is 35.5. The van der Waals surface area contributed by atoms with Crippen molar-refractivity contribution in [3.8, 4) is 0 Å². The van der Waals surface area contributed by atoms with E-state index >= 15 is 0 Å². The van der Waals surface area contributed by atoms with Gasteiger partial charge in [0.1, 0.15) is 10.3 Å². The van der Waals surface area contributed by atoms with Crippen LogP contribution in [0.4, 0.5) is 0 Å². The highest BCUT2D eigenvalue weighted by Gasteiger charge is 2.09. The maximum atomic E-state index is 10.7. The van der Waals surface area contributed by atoms with E-state index in [2.05, 4.69) is 4.98 Å². The predicted molar refractivity (Wildman–Crippen MR) is 51.1 cm³/mol. The molecule has 0 amide bonds. The van der Waals surface area contributed by atoms with Gasteiger partial charge in [-0.05, 0) is 6.07 Å². The monoisotopic (exact) mass is 240 g/mol. The first kappa shape index (κ1) is 10.7. The quantitative estimate of drug-likeness (QED) is 0.790. The highest BCUT2D eigenvalue weighted by Crippen LogP contribution is 2.17. The lowest BCUT2D eigenvalue weighted by Gasteiger charge is -2.01. The van der Waals surface area contributed by atoms with E-state index < -0.39 is 10.0 Å². The molecule has 0 saturated carbocycles. The zero-order valence-corrected chi connectivity index (χ0v) is 8.70. The van der Waals surface area contributed by atoms with Crippen molar-refractivity contribution < 1.29 is 8.42 Å². The third-order valence-electron chi connectivity index (χ3n) is 1.25. The van der Waals surface area contributed by atoms with Crippen LogP contribution >= 0.6 is 23.2 Å². The molecule has 7 heteroatoms. The largest absolute Gasteiger partial charge is 0.228 e. The minimum Gasteiger partial charge on any atom is -0.228 e. The van der Waals surface area contributed by atoms with Gasteiger partial charge in [0.25, 0.3) is 0 Å². The number of aromatic nitrogens is 1. The molecule has 0 spiro atoms. The molecule has 0 aliphatic rings. The maximum absolute atomic E-state index is 10.7. The Morgan fingerprint density at radius 1 is 1.38 bits per heavy atom. The smallest absolute Gasteiger partial charge is 0.213 e. The van der Waals surface area contributed by atoms with Crippen LogP contribution in [0.3, 0.4) is 0 Å². The number of nitrogens with zero attached hydrogens (tertiary/aromatic N) is 1. The second-order valence-electron chi connectivity index (χ2n) is 2.39. The molecule has 0 atom stereocenters. The first-order valence-electron chi connectivity index (χ1n) is 3.20. The average molecular weight is 241 g/mol. The van der Waals surface area contributed by atoms with Crippen molar-refractivity contribution in [3.05, 3.63) is 28.0 Å². The number of pyridine rings is 1. The topological polar surface area (TPSA) is 73.1 Å². The van der Waals surface area contributed by atoms with Crippen LogP contribution in [0.25, 0.3) is 0 Å². The van der Waals surface area contributed by atoms with E-state index in [4.69, 9.17) is 28.3 Å². The Morgan fingerprint density at radius 2 is 2.00 bits per heavy atom. The van der Waals surface area contributed by atoms with Crippen molar-refractivity contribution in [3.63, 3.8) is 0 Å². The van der Waals surface area contributed by atoms with Gasteiger partial charge in [-0.1, -0.05) is 29.3 Å². The summed E-state index contributed by atoms with van der Waals surface area (Å²) in [5, 5.41) is 5.10. The number of nitrogens with two attached hydrogens (primary N) is 1. The fourth-order valence-electron chi connectivity index (χ4n) is 0.765. The Morgan fingerprint density at radius 3 is 2.46 bits per heavy atom. The van der Waals surface area contributed by atoms with Crippen LogP contribution in [-0.4, -0.2) is 13.4 Å². The summed E-state index contributed by atoms with van der Waals surface area (Å²) in [4.78, 5) is 3.67. The molecular weight excluding hydrogens is 235 g/mol.